The smallest absolute Gasteiger partial charge is 0.0907 e. The van der Waals surface area contributed by atoms with E-state index in [2.05, 4.69) is 37.0 Å². The fourth-order valence-electron chi connectivity index (χ4n) is 1.21. The summed E-state index contributed by atoms with van der Waals surface area (Å²) in [5.41, 5.74) is 3.53. The van der Waals surface area contributed by atoms with Gasteiger partial charge in [0.15, 0.2) is 0 Å². The van der Waals surface area contributed by atoms with Crippen LogP contribution >= 0.6 is 0 Å². The van der Waals surface area contributed by atoms with Gasteiger partial charge in [-0.2, -0.15) is 0 Å². The minimum absolute atomic E-state index is 1.02. The maximum atomic E-state index is 4.33. The van der Waals surface area contributed by atoms with Crippen LogP contribution in [-0.4, -0.2) is 25.3 Å². The molecule has 0 saturated carbocycles. The third-order valence-electron chi connectivity index (χ3n) is 1.64. The Labute approximate surface area is 79.9 Å². The summed E-state index contributed by atoms with van der Waals surface area (Å²) < 4.78 is 0. The fraction of sp³-hybridized carbons (Fsp3) is 0.364. The molecular weight excluding hydrogens is 160 g/mol. The van der Waals surface area contributed by atoms with Crippen molar-refractivity contribution in [2.75, 3.05) is 14.1 Å². The van der Waals surface area contributed by atoms with Crippen molar-refractivity contribution in [3.05, 3.63) is 29.3 Å². The largest absolute Gasteiger partial charge is 0.369 e. The number of nitrogens with zero attached hydrogens (tertiary/aromatic N) is 2. The predicted octanol–water partition coefficient (Wildman–Crippen LogP) is 2.52. The number of aryl methyl sites for hydroxylation is 2. The van der Waals surface area contributed by atoms with Gasteiger partial charge >= 0.3 is 0 Å². The van der Waals surface area contributed by atoms with Gasteiger partial charge in [0, 0.05) is 14.1 Å². The van der Waals surface area contributed by atoms with E-state index < -0.39 is 0 Å². The van der Waals surface area contributed by atoms with E-state index in [1.165, 1.54) is 11.1 Å². The molecule has 0 aromatic heterocycles. The van der Waals surface area contributed by atoms with E-state index in [9.17, 15) is 0 Å². The van der Waals surface area contributed by atoms with Crippen LogP contribution in [-0.2, 0) is 0 Å². The van der Waals surface area contributed by atoms with E-state index in [0.717, 1.165) is 5.69 Å². The molecule has 13 heavy (non-hydrogen) atoms. The molecule has 0 aliphatic carbocycles. The monoisotopic (exact) mass is 176 g/mol. The first kappa shape index (κ1) is 9.78. The average molecular weight is 176 g/mol. The minimum atomic E-state index is 1.02. The first-order valence-electron chi connectivity index (χ1n) is 4.37. The van der Waals surface area contributed by atoms with Crippen molar-refractivity contribution in [2.24, 2.45) is 4.99 Å². The van der Waals surface area contributed by atoms with E-state index in [1.54, 1.807) is 0 Å². The Hall–Kier alpha value is -1.31. The molecule has 0 N–H and O–H groups in total. The average Bonchev–Trinajstić information content (AvgIpc) is 1.99. The summed E-state index contributed by atoms with van der Waals surface area (Å²) in [6.45, 7) is 4.17. The maximum absolute atomic E-state index is 4.33. The van der Waals surface area contributed by atoms with Crippen LogP contribution in [0.4, 0.5) is 5.69 Å². The lowest BCUT2D eigenvalue weighted by Gasteiger charge is -2.03. The molecule has 0 amide bonds. The molecule has 0 bridgehead atoms. The Morgan fingerprint density at radius 1 is 1.08 bits per heavy atom. The molecule has 2 nitrogen and oxygen atoms in total. The predicted molar refractivity (Wildman–Crippen MR) is 57.8 cm³/mol. The topological polar surface area (TPSA) is 15.6 Å². The van der Waals surface area contributed by atoms with Gasteiger partial charge < -0.3 is 4.90 Å². The molecule has 0 unspecified atom stereocenters. The van der Waals surface area contributed by atoms with Gasteiger partial charge in [-0.3, -0.25) is 0 Å². The zero-order chi connectivity index (χ0) is 9.84. The van der Waals surface area contributed by atoms with Gasteiger partial charge in [0.05, 0.1) is 12.0 Å². The summed E-state index contributed by atoms with van der Waals surface area (Å²) in [5.74, 6) is 0. The SMILES string of the molecule is Cc1cc(C)cc(N=CN(C)C)c1. The molecule has 0 saturated heterocycles. The van der Waals surface area contributed by atoms with Crippen molar-refractivity contribution in [2.45, 2.75) is 13.8 Å². The van der Waals surface area contributed by atoms with E-state index >= 15 is 0 Å². The number of aliphatic imine (C=N–C) groups is 1. The van der Waals surface area contributed by atoms with Gasteiger partial charge in [0.1, 0.15) is 0 Å². The van der Waals surface area contributed by atoms with Crippen molar-refractivity contribution in [3.8, 4) is 0 Å². The first-order valence-corrected chi connectivity index (χ1v) is 4.37. The third-order valence-corrected chi connectivity index (χ3v) is 1.64. The van der Waals surface area contributed by atoms with Crippen LogP contribution in [0.15, 0.2) is 23.2 Å². The van der Waals surface area contributed by atoms with Crippen molar-refractivity contribution in [3.63, 3.8) is 0 Å². The van der Waals surface area contributed by atoms with Crippen LogP contribution in [0.1, 0.15) is 11.1 Å². The molecule has 0 aliphatic heterocycles. The molecule has 0 fully saturated rings. The maximum Gasteiger partial charge on any atom is 0.0907 e. The van der Waals surface area contributed by atoms with Crippen molar-refractivity contribution in [1.29, 1.82) is 0 Å². The Kier molecular flexibility index (Phi) is 3.07. The van der Waals surface area contributed by atoms with Gasteiger partial charge in [-0.15, -0.1) is 0 Å². The number of benzene rings is 1. The molecule has 1 aromatic carbocycles. The lowest BCUT2D eigenvalue weighted by molar-refractivity contribution is 0.643. The standard InChI is InChI=1S/C11H16N2/c1-9-5-10(2)7-11(6-9)12-8-13(3)4/h5-8H,1-4H3. The van der Waals surface area contributed by atoms with Crippen molar-refractivity contribution in [1.82, 2.24) is 4.90 Å². The highest BCUT2D eigenvalue weighted by Crippen LogP contribution is 2.16. The summed E-state index contributed by atoms with van der Waals surface area (Å²) in [6.07, 6.45) is 1.81. The summed E-state index contributed by atoms with van der Waals surface area (Å²) in [7, 11) is 3.93. The highest BCUT2D eigenvalue weighted by atomic mass is 15.1. The number of hydrogen-bond acceptors (Lipinski definition) is 1. The molecule has 2 heteroatoms. The van der Waals surface area contributed by atoms with Crippen LogP contribution in [0.25, 0.3) is 0 Å². The highest BCUT2D eigenvalue weighted by molar-refractivity contribution is 5.61. The Bertz CT molecular complexity index is 294. The van der Waals surface area contributed by atoms with Gasteiger partial charge in [-0.1, -0.05) is 6.07 Å². The van der Waals surface area contributed by atoms with Crippen LogP contribution in [0.3, 0.4) is 0 Å². The molecule has 0 radical (unpaired) electrons. The normalized spacial score (nSPS) is 10.8. The Balaban J connectivity index is 2.89. The summed E-state index contributed by atoms with van der Waals surface area (Å²) in [5, 5.41) is 0. The molecule has 0 heterocycles. The molecule has 0 atom stereocenters. The second-order valence-electron chi connectivity index (χ2n) is 3.55. The zero-order valence-corrected chi connectivity index (χ0v) is 8.70. The summed E-state index contributed by atoms with van der Waals surface area (Å²) in [6, 6.07) is 6.30. The van der Waals surface area contributed by atoms with E-state index in [1.807, 2.05) is 25.3 Å². The van der Waals surface area contributed by atoms with Crippen molar-refractivity contribution < 1.29 is 0 Å². The van der Waals surface area contributed by atoms with Crippen LogP contribution < -0.4 is 0 Å². The van der Waals surface area contributed by atoms with E-state index in [0.29, 0.717) is 0 Å². The summed E-state index contributed by atoms with van der Waals surface area (Å²) in [4.78, 5) is 6.26. The second-order valence-corrected chi connectivity index (χ2v) is 3.55. The molecule has 1 rings (SSSR count). The highest BCUT2D eigenvalue weighted by Gasteiger charge is 1.92. The van der Waals surface area contributed by atoms with E-state index in [-0.39, 0.29) is 0 Å². The summed E-state index contributed by atoms with van der Waals surface area (Å²) >= 11 is 0. The number of rotatable bonds is 2. The molecule has 0 aliphatic rings. The molecule has 1 aromatic rings. The third kappa shape index (κ3) is 3.28. The second kappa shape index (κ2) is 4.08. The van der Waals surface area contributed by atoms with Gasteiger partial charge in [-0.25, -0.2) is 4.99 Å². The molecular formula is C11H16N2. The minimum Gasteiger partial charge on any atom is -0.369 e. The Morgan fingerprint density at radius 2 is 1.62 bits per heavy atom. The first-order chi connectivity index (χ1) is 6.08. The fourth-order valence-corrected chi connectivity index (χ4v) is 1.21. The van der Waals surface area contributed by atoms with Gasteiger partial charge in [0.25, 0.3) is 0 Å². The van der Waals surface area contributed by atoms with Crippen LogP contribution in [0.2, 0.25) is 0 Å². The molecule has 0 spiro atoms. The van der Waals surface area contributed by atoms with Crippen LogP contribution in [0, 0.1) is 13.8 Å². The van der Waals surface area contributed by atoms with Gasteiger partial charge in [0.2, 0.25) is 0 Å². The lowest BCUT2D eigenvalue weighted by Crippen LogP contribution is -2.06. The Morgan fingerprint density at radius 3 is 2.08 bits per heavy atom. The van der Waals surface area contributed by atoms with Gasteiger partial charge in [-0.05, 0) is 37.1 Å². The quantitative estimate of drug-likeness (QED) is 0.499. The van der Waals surface area contributed by atoms with Crippen LogP contribution in [0.5, 0.6) is 0 Å². The zero-order valence-electron chi connectivity index (χ0n) is 8.70. The lowest BCUT2D eigenvalue weighted by atomic mass is 10.1. The van der Waals surface area contributed by atoms with Crippen molar-refractivity contribution >= 4 is 12.0 Å². The number of hydrogen-bond donors (Lipinski definition) is 0. The van der Waals surface area contributed by atoms with E-state index in [4.69, 9.17) is 0 Å². The molecule has 70 valence electrons.